The van der Waals surface area contributed by atoms with E-state index in [0.29, 0.717) is 5.16 Å². The van der Waals surface area contributed by atoms with Gasteiger partial charge in [-0.1, -0.05) is 23.9 Å². The highest BCUT2D eigenvalue weighted by Gasteiger charge is 2.17. The maximum absolute atomic E-state index is 11.6. The van der Waals surface area contributed by atoms with Crippen molar-refractivity contribution in [3.8, 4) is 0 Å². The predicted octanol–water partition coefficient (Wildman–Crippen LogP) is 1.90. The number of aryl methyl sites for hydroxylation is 1. The van der Waals surface area contributed by atoms with Gasteiger partial charge in [0.25, 0.3) is 0 Å². The number of rotatable bonds is 4. The van der Waals surface area contributed by atoms with Crippen molar-refractivity contribution in [1.29, 1.82) is 0 Å². The maximum Gasteiger partial charge on any atom is 0.243 e. The van der Waals surface area contributed by atoms with Crippen molar-refractivity contribution in [3.05, 3.63) is 36.0 Å². The molecule has 0 aliphatic heterocycles. The first-order valence-electron chi connectivity index (χ1n) is 5.67. The molecule has 0 radical (unpaired) electrons. The van der Waals surface area contributed by atoms with Gasteiger partial charge in [0.1, 0.15) is 4.90 Å². The van der Waals surface area contributed by atoms with Crippen molar-refractivity contribution in [1.82, 2.24) is 9.97 Å². The van der Waals surface area contributed by atoms with Crippen molar-refractivity contribution in [2.45, 2.75) is 17.0 Å². The number of nitrogens with one attached hydrogen (secondary N) is 1. The maximum atomic E-state index is 11.6. The second kappa shape index (κ2) is 5.78. The van der Waals surface area contributed by atoms with Gasteiger partial charge in [0.2, 0.25) is 10.0 Å². The molecule has 0 spiro atoms. The highest BCUT2D eigenvalue weighted by atomic mass is 32.2. The molecule has 3 N–H and O–H groups in total. The molecule has 0 saturated carbocycles. The van der Waals surface area contributed by atoms with Crippen molar-refractivity contribution >= 4 is 33.3 Å². The van der Waals surface area contributed by atoms with Gasteiger partial charge < -0.3 is 5.32 Å². The van der Waals surface area contributed by atoms with E-state index >= 15 is 0 Å². The van der Waals surface area contributed by atoms with Gasteiger partial charge in [0.15, 0.2) is 11.0 Å². The van der Waals surface area contributed by atoms with E-state index in [-0.39, 0.29) is 10.7 Å². The highest BCUT2D eigenvalue weighted by Crippen LogP contribution is 2.24. The summed E-state index contributed by atoms with van der Waals surface area (Å²) in [5.41, 5.74) is 1.78. The van der Waals surface area contributed by atoms with Crippen LogP contribution >= 0.6 is 11.8 Å². The number of nitrogens with two attached hydrogens (primary N) is 1. The molecule has 106 valence electrons. The van der Waals surface area contributed by atoms with E-state index in [1.165, 1.54) is 18.0 Å². The van der Waals surface area contributed by atoms with Crippen LogP contribution in [0.15, 0.2) is 40.5 Å². The highest BCUT2D eigenvalue weighted by molar-refractivity contribution is 7.98. The van der Waals surface area contributed by atoms with E-state index < -0.39 is 10.0 Å². The fourth-order valence-corrected chi connectivity index (χ4v) is 2.52. The summed E-state index contributed by atoms with van der Waals surface area (Å²) in [6.07, 6.45) is 3.02. The lowest BCUT2D eigenvalue weighted by molar-refractivity contribution is 0.597. The molecule has 6 nitrogen and oxygen atoms in total. The van der Waals surface area contributed by atoms with Crippen molar-refractivity contribution in [2.75, 3.05) is 11.6 Å². The lowest BCUT2D eigenvalue weighted by Crippen LogP contribution is -2.15. The Labute approximate surface area is 121 Å². The molecule has 1 aromatic heterocycles. The second-order valence-electron chi connectivity index (χ2n) is 4.11. The van der Waals surface area contributed by atoms with E-state index in [9.17, 15) is 8.42 Å². The largest absolute Gasteiger partial charge is 0.339 e. The molecular formula is C12H14N4O2S2. The van der Waals surface area contributed by atoms with Crippen molar-refractivity contribution in [2.24, 2.45) is 5.14 Å². The number of anilines is 2. The molecule has 0 atom stereocenters. The third-order valence-corrected chi connectivity index (χ3v) is 3.98. The number of thioether (sulfide) groups is 1. The van der Waals surface area contributed by atoms with E-state index in [0.717, 1.165) is 11.3 Å². The van der Waals surface area contributed by atoms with Gasteiger partial charge in [-0.3, -0.25) is 0 Å². The minimum absolute atomic E-state index is 0.128. The van der Waals surface area contributed by atoms with Gasteiger partial charge in [-0.2, -0.15) is 0 Å². The number of aromatic nitrogens is 2. The summed E-state index contributed by atoms with van der Waals surface area (Å²) in [7, 11) is -3.89. The Balaban J connectivity index is 2.48. The predicted molar refractivity (Wildman–Crippen MR) is 79.6 cm³/mol. The molecule has 0 unspecified atom stereocenters. The number of primary sulfonamides is 1. The van der Waals surface area contributed by atoms with E-state index in [1.54, 1.807) is 0 Å². The monoisotopic (exact) mass is 310 g/mol. The Bertz CT molecular complexity index is 732. The van der Waals surface area contributed by atoms with Crippen molar-refractivity contribution < 1.29 is 8.42 Å². The summed E-state index contributed by atoms with van der Waals surface area (Å²) in [5, 5.41) is 8.61. The Kier molecular flexibility index (Phi) is 4.26. The standard InChI is InChI=1S/C12H14N4O2S2/c1-8-4-3-5-9(6-8)15-11-10(20(13,17)18)7-14-12(16-11)19-2/h3-7H,1-2H3,(H2,13,17,18)(H,14,15,16). The Hall–Kier alpha value is -1.64. The first-order chi connectivity index (χ1) is 9.40. The minimum Gasteiger partial charge on any atom is -0.339 e. The molecule has 20 heavy (non-hydrogen) atoms. The molecule has 2 rings (SSSR count). The molecule has 0 amide bonds. The van der Waals surface area contributed by atoms with Crippen LogP contribution in [0.3, 0.4) is 0 Å². The fourth-order valence-electron chi connectivity index (χ4n) is 1.61. The molecule has 0 aliphatic carbocycles. The van der Waals surface area contributed by atoms with Crippen LogP contribution in [0, 0.1) is 6.92 Å². The second-order valence-corrected chi connectivity index (χ2v) is 6.41. The smallest absolute Gasteiger partial charge is 0.243 e. The van der Waals surface area contributed by atoms with Crippen LogP contribution in [-0.4, -0.2) is 24.6 Å². The zero-order chi connectivity index (χ0) is 14.8. The van der Waals surface area contributed by atoms with Crippen LogP contribution in [0.2, 0.25) is 0 Å². The van der Waals surface area contributed by atoms with Gasteiger partial charge >= 0.3 is 0 Å². The first-order valence-corrected chi connectivity index (χ1v) is 8.45. The summed E-state index contributed by atoms with van der Waals surface area (Å²) in [5.74, 6) is 0.178. The average molecular weight is 310 g/mol. The van der Waals surface area contributed by atoms with Crippen LogP contribution in [0.4, 0.5) is 11.5 Å². The van der Waals surface area contributed by atoms with Crippen LogP contribution in [-0.2, 0) is 10.0 Å². The SMILES string of the molecule is CSc1ncc(S(N)(=O)=O)c(Nc2cccc(C)c2)n1. The number of benzene rings is 1. The zero-order valence-electron chi connectivity index (χ0n) is 11.0. The zero-order valence-corrected chi connectivity index (χ0v) is 12.6. The number of sulfonamides is 1. The van der Waals surface area contributed by atoms with Gasteiger partial charge in [-0.05, 0) is 30.9 Å². The average Bonchev–Trinajstić information content (AvgIpc) is 2.37. The van der Waals surface area contributed by atoms with Gasteiger partial charge in [-0.15, -0.1) is 0 Å². The minimum atomic E-state index is -3.89. The van der Waals surface area contributed by atoms with E-state index in [1.807, 2.05) is 37.4 Å². The first kappa shape index (κ1) is 14.8. The molecule has 0 saturated heterocycles. The molecule has 0 aliphatic rings. The van der Waals surface area contributed by atoms with Gasteiger partial charge in [-0.25, -0.2) is 23.5 Å². The molecule has 0 bridgehead atoms. The summed E-state index contributed by atoms with van der Waals surface area (Å²) in [6, 6.07) is 7.51. The van der Waals surface area contributed by atoms with Crippen LogP contribution in [0.1, 0.15) is 5.56 Å². The van der Waals surface area contributed by atoms with E-state index in [4.69, 9.17) is 5.14 Å². The molecule has 1 heterocycles. The quantitative estimate of drug-likeness (QED) is 0.661. The Morgan fingerprint density at radius 1 is 1.35 bits per heavy atom. The molecule has 0 fully saturated rings. The van der Waals surface area contributed by atoms with Gasteiger partial charge in [0.05, 0.1) is 6.20 Å². The summed E-state index contributed by atoms with van der Waals surface area (Å²) in [4.78, 5) is 7.97. The van der Waals surface area contributed by atoms with Crippen LogP contribution in [0.25, 0.3) is 0 Å². The van der Waals surface area contributed by atoms with E-state index in [2.05, 4.69) is 15.3 Å². The fraction of sp³-hybridized carbons (Fsp3) is 0.167. The number of hydrogen-bond donors (Lipinski definition) is 2. The third-order valence-electron chi connectivity index (χ3n) is 2.50. The summed E-state index contributed by atoms with van der Waals surface area (Å²) in [6.45, 7) is 1.94. The van der Waals surface area contributed by atoms with Gasteiger partial charge in [0, 0.05) is 5.69 Å². The van der Waals surface area contributed by atoms with Crippen molar-refractivity contribution in [3.63, 3.8) is 0 Å². The molecule has 2 aromatic rings. The lowest BCUT2D eigenvalue weighted by Gasteiger charge is -2.10. The molecule has 1 aromatic carbocycles. The molecule has 8 heteroatoms. The summed E-state index contributed by atoms with van der Waals surface area (Å²) < 4.78 is 23.1. The topological polar surface area (TPSA) is 98.0 Å². The number of hydrogen-bond acceptors (Lipinski definition) is 6. The lowest BCUT2D eigenvalue weighted by atomic mass is 10.2. The molecular weight excluding hydrogens is 296 g/mol. The Morgan fingerprint density at radius 3 is 2.70 bits per heavy atom. The van der Waals surface area contributed by atoms with Crippen LogP contribution < -0.4 is 10.5 Å². The summed E-state index contributed by atoms with van der Waals surface area (Å²) >= 11 is 1.32. The normalized spacial score (nSPS) is 11.3. The third kappa shape index (κ3) is 3.47. The Morgan fingerprint density at radius 2 is 2.10 bits per heavy atom. The van der Waals surface area contributed by atoms with Crippen LogP contribution in [0.5, 0.6) is 0 Å². The number of nitrogens with zero attached hydrogens (tertiary/aromatic N) is 2.